The first kappa shape index (κ1) is 31.0. The van der Waals surface area contributed by atoms with Crippen LogP contribution < -0.4 is 5.32 Å². The SMILES string of the molecule is CC(C)OC(=O)C(c1ccccc1)N1CCC(c2ccc(NC(=O)c3ccccc3-c3ccc(C(F)(F)F)cc3)cc2)CC1. The molecule has 0 aliphatic carbocycles. The molecule has 5 nitrogen and oxygen atoms in total. The standard InChI is InChI=1S/C36H35F3N2O3/c1-24(2)44-35(43)33(28-8-4-3-5-9-28)41-22-20-26(21-23-41)25-14-18-30(19-15-25)40-34(42)32-11-7-6-10-31(32)27-12-16-29(17-13-27)36(37,38)39/h3-19,24,26,33H,20-23H2,1-2H3,(H,40,42). The number of nitrogens with zero attached hydrogens (tertiary/aromatic N) is 1. The lowest BCUT2D eigenvalue weighted by Gasteiger charge is -2.37. The monoisotopic (exact) mass is 600 g/mol. The summed E-state index contributed by atoms with van der Waals surface area (Å²) in [5.41, 5.74) is 3.42. The molecule has 44 heavy (non-hydrogen) atoms. The van der Waals surface area contributed by atoms with E-state index in [1.807, 2.05) is 68.4 Å². The van der Waals surface area contributed by atoms with E-state index in [-0.39, 0.29) is 18.0 Å². The van der Waals surface area contributed by atoms with E-state index in [2.05, 4.69) is 10.2 Å². The first-order valence-electron chi connectivity index (χ1n) is 14.8. The molecule has 0 spiro atoms. The van der Waals surface area contributed by atoms with Gasteiger partial charge in [-0.15, -0.1) is 0 Å². The summed E-state index contributed by atoms with van der Waals surface area (Å²) in [6, 6.07) is 28.7. The van der Waals surface area contributed by atoms with Crippen LogP contribution in [0.4, 0.5) is 18.9 Å². The number of hydrogen-bond acceptors (Lipinski definition) is 4. The van der Waals surface area contributed by atoms with Crippen molar-refractivity contribution in [3.05, 3.63) is 125 Å². The number of likely N-dealkylation sites (tertiary alicyclic amines) is 1. The highest BCUT2D eigenvalue weighted by molar-refractivity contribution is 6.08. The summed E-state index contributed by atoms with van der Waals surface area (Å²) >= 11 is 0. The van der Waals surface area contributed by atoms with E-state index in [1.54, 1.807) is 24.3 Å². The van der Waals surface area contributed by atoms with Gasteiger partial charge in [-0.3, -0.25) is 9.69 Å². The Morgan fingerprint density at radius 3 is 2.05 bits per heavy atom. The van der Waals surface area contributed by atoms with Crippen molar-refractivity contribution < 1.29 is 27.5 Å². The van der Waals surface area contributed by atoms with Crippen molar-refractivity contribution in [1.29, 1.82) is 0 Å². The minimum atomic E-state index is -4.43. The van der Waals surface area contributed by atoms with Gasteiger partial charge >= 0.3 is 12.1 Å². The number of esters is 1. The lowest BCUT2D eigenvalue weighted by Crippen LogP contribution is -2.41. The van der Waals surface area contributed by atoms with E-state index in [9.17, 15) is 22.8 Å². The predicted molar refractivity (Wildman–Crippen MR) is 165 cm³/mol. The molecule has 5 rings (SSSR count). The highest BCUT2D eigenvalue weighted by Gasteiger charge is 2.33. The summed E-state index contributed by atoms with van der Waals surface area (Å²) in [5.74, 6) is -0.264. The second-order valence-corrected chi connectivity index (χ2v) is 11.3. The van der Waals surface area contributed by atoms with Crippen LogP contribution in [0, 0.1) is 0 Å². The molecule has 1 aliphatic rings. The highest BCUT2D eigenvalue weighted by atomic mass is 19.4. The normalized spacial score (nSPS) is 15.1. The summed E-state index contributed by atoms with van der Waals surface area (Å²) < 4.78 is 44.6. The minimum Gasteiger partial charge on any atom is -0.462 e. The van der Waals surface area contributed by atoms with E-state index in [0.29, 0.717) is 28.3 Å². The number of rotatable bonds is 8. The fourth-order valence-corrected chi connectivity index (χ4v) is 5.73. The number of ether oxygens (including phenoxy) is 1. The molecule has 228 valence electrons. The van der Waals surface area contributed by atoms with Gasteiger partial charge in [-0.25, -0.2) is 4.79 Å². The van der Waals surface area contributed by atoms with Gasteiger partial charge in [0.15, 0.2) is 0 Å². The van der Waals surface area contributed by atoms with Crippen LogP contribution in [0.25, 0.3) is 11.1 Å². The number of hydrogen-bond donors (Lipinski definition) is 1. The third kappa shape index (κ3) is 7.37. The molecular formula is C36H35F3N2O3. The average Bonchev–Trinajstić information content (AvgIpc) is 3.02. The maximum absolute atomic E-state index is 13.2. The van der Waals surface area contributed by atoms with Crippen LogP contribution in [-0.4, -0.2) is 36.0 Å². The van der Waals surface area contributed by atoms with Gasteiger partial charge in [-0.2, -0.15) is 13.2 Å². The zero-order valence-corrected chi connectivity index (χ0v) is 24.7. The Morgan fingerprint density at radius 2 is 1.43 bits per heavy atom. The molecule has 4 aromatic carbocycles. The highest BCUT2D eigenvalue weighted by Crippen LogP contribution is 2.35. The second kappa shape index (κ2) is 13.5. The van der Waals surface area contributed by atoms with Crippen LogP contribution >= 0.6 is 0 Å². The van der Waals surface area contributed by atoms with Gasteiger partial charge in [-0.05, 0) is 98.3 Å². The molecule has 1 unspecified atom stereocenters. The van der Waals surface area contributed by atoms with Crippen LogP contribution in [0.1, 0.15) is 65.7 Å². The Kier molecular flexibility index (Phi) is 9.49. The number of carbonyl (C=O) groups is 2. The summed E-state index contributed by atoms with van der Waals surface area (Å²) in [5, 5.41) is 2.92. The largest absolute Gasteiger partial charge is 0.462 e. The molecule has 1 saturated heterocycles. The summed E-state index contributed by atoms with van der Waals surface area (Å²) in [4.78, 5) is 28.5. The molecule has 1 atom stereocenters. The molecule has 1 N–H and O–H groups in total. The molecule has 8 heteroatoms. The Labute approximate surface area is 255 Å². The molecule has 0 bridgehead atoms. The topological polar surface area (TPSA) is 58.6 Å². The number of amides is 1. The smallest absolute Gasteiger partial charge is 0.416 e. The van der Waals surface area contributed by atoms with Crippen molar-refractivity contribution in [1.82, 2.24) is 4.90 Å². The molecule has 0 radical (unpaired) electrons. The summed E-state index contributed by atoms with van der Waals surface area (Å²) in [6.45, 7) is 5.21. The van der Waals surface area contributed by atoms with Crippen molar-refractivity contribution in [3.8, 4) is 11.1 Å². The Hall–Kier alpha value is -4.43. The van der Waals surface area contributed by atoms with E-state index >= 15 is 0 Å². The third-order valence-corrected chi connectivity index (χ3v) is 7.92. The quantitative estimate of drug-likeness (QED) is 0.206. The fraction of sp³-hybridized carbons (Fsp3) is 0.278. The van der Waals surface area contributed by atoms with Crippen molar-refractivity contribution in [3.63, 3.8) is 0 Å². The fourth-order valence-electron chi connectivity index (χ4n) is 5.73. The van der Waals surface area contributed by atoms with Gasteiger partial charge in [0.25, 0.3) is 5.91 Å². The summed E-state index contributed by atoms with van der Waals surface area (Å²) in [6.07, 6.45) is -2.86. The van der Waals surface area contributed by atoms with Crippen LogP contribution in [0.5, 0.6) is 0 Å². The zero-order valence-electron chi connectivity index (χ0n) is 24.7. The molecule has 1 amide bonds. The van der Waals surface area contributed by atoms with Gasteiger partial charge in [0.05, 0.1) is 11.7 Å². The van der Waals surface area contributed by atoms with E-state index in [1.165, 1.54) is 12.1 Å². The molecule has 0 saturated carbocycles. The Bertz CT molecular complexity index is 1560. The lowest BCUT2D eigenvalue weighted by molar-refractivity contribution is -0.154. The Morgan fingerprint density at radius 1 is 0.818 bits per heavy atom. The van der Waals surface area contributed by atoms with E-state index in [0.717, 1.165) is 49.2 Å². The molecule has 1 fully saturated rings. The van der Waals surface area contributed by atoms with Gasteiger partial charge in [-0.1, -0.05) is 72.8 Å². The van der Waals surface area contributed by atoms with Crippen LogP contribution in [0.3, 0.4) is 0 Å². The molecular weight excluding hydrogens is 565 g/mol. The van der Waals surface area contributed by atoms with E-state index < -0.39 is 17.8 Å². The number of halogens is 3. The maximum atomic E-state index is 13.2. The van der Waals surface area contributed by atoms with Crippen molar-refractivity contribution >= 4 is 17.6 Å². The number of benzene rings is 4. The average molecular weight is 601 g/mol. The number of carbonyl (C=O) groups excluding carboxylic acids is 2. The number of alkyl halides is 3. The van der Waals surface area contributed by atoms with Crippen LogP contribution in [0.15, 0.2) is 103 Å². The van der Waals surface area contributed by atoms with Crippen molar-refractivity contribution in [2.45, 2.75) is 50.9 Å². The van der Waals surface area contributed by atoms with Gasteiger partial charge in [0.1, 0.15) is 6.04 Å². The van der Waals surface area contributed by atoms with Gasteiger partial charge < -0.3 is 10.1 Å². The third-order valence-electron chi connectivity index (χ3n) is 7.92. The van der Waals surface area contributed by atoms with Crippen molar-refractivity contribution in [2.75, 3.05) is 18.4 Å². The summed E-state index contributed by atoms with van der Waals surface area (Å²) in [7, 11) is 0. The van der Waals surface area contributed by atoms with Crippen LogP contribution in [-0.2, 0) is 15.7 Å². The van der Waals surface area contributed by atoms with Gasteiger partial charge in [0, 0.05) is 11.3 Å². The number of piperidine rings is 1. The zero-order chi connectivity index (χ0) is 31.3. The lowest BCUT2D eigenvalue weighted by atomic mass is 9.88. The molecule has 1 heterocycles. The first-order valence-corrected chi connectivity index (χ1v) is 14.8. The molecule has 1 aliphatic heterocycles. The minimum absolute atomic E-state index is 0.191. The maximum Gasteiger partial charge on any atom is 0.416 e. The van der Waals surface area contributed by atoms with E-state index in [4.69, 9.17) is 4.74 Å². The number of nitrogens with one attached hydrogen (secondary N) is 1. The number of anilines is 1. The molecule has 0 aromatic heterocycles. The second-order valence-electron chi connectivity index (χ2n) is 11.3. The Balaban J connectivity index is 1.23. The first-order chi connectivity index (χ1) is 21.1. The predicted octanol–water partition coefficient (Wildman–Crippen LogP) is 8.50. The van der Waals surface area contributed by atoms with Crippen LogP contribution in [0.2, 0.25) is 0 Å². The van der Waals surface area contributed by atoms with Gasteiger partial charge in [0.2, 0.25) is 0 Å². The molecule has 4 aromatic rings. The van der Waals surface area contributed by atoms with Crippen molar-refractivity contribution in [2.24, 2.45) is 0 Å².